The van der Waals surface area contributed by atoms with Crippen molar-refractivity contribution >= 4 is 11.7 Å². The number of carbonyl (C=O) groups excluding carboxylic acids is 1. The van der Waals surface area contributed by atoms with E-state index in [1.54, 1.807) is 6.07 Å². The number of nitrogens with one attached hydrogen (secondary N) is 1. The Balaban J connectivity index is 1.72. The second-order valence-corrected chi connectivity index (χ2v) is 6.92. The molecule has 1 amide bonds. The van der Waals surface area contributed by atoms with Gasteiger partial charge in [0.2, 0.25) is 5.82 Å². The van der Waals surface area contributed by atoms with Crippen LogP contribution in [0.3, 0.4) is 0 Å². The van der Waals surface area contributed by atoms with Gasteiger partial charge in [-0.2, -0.15) is 0 Å². The third kappa shape index (κ3) is 5.97. The van der Waals surface area contributed by atoms with E-state index in [2.05, 4.69) is 15.6 Å². The largest absolute Gasteiger partial charge is 0.490 e. The molecule has 0 radical (unpaired) electrons. The summed E-state index contributed by atoms with van der Waals surface area (Å²) in [6.07, 6.45) is 1.76. The number of aromatic nitrogens is 2. The molecule has 0 spiro atoms. The summed E-state index contributed by atoms with van der Waals surface area (Å²) in [5, 5.41) is 10.5. The van der Waals surface area contributed by atoms with Gasteiger partial charge in [-0.05, 0) is 59.9 Å². The lowest BCUT2D eigenvalue weighted by Crippen LogP contribution is -2.21. The molecule has 8 heteroatoms. The van der Waals surface area contributed by atoms with E-state index in [1.807, 2.05) is 57.2 Å². The maximum Gasteiger partial charge on any atom is 0.263 e. The number of ether oxygens (including phenoxy) is 3. The summed E-state index contributed by atoms with van der Waals surface area (Å²) in [7, 11) is 0. The molecular formula is C23H27N3O5. The molecule has 0 atom stereocenters. The number of para-hydroxylation sites is 1. The first-order valence-corrected chi connectivity index (χ1v) is 10.3. The summed E-state index contributed by atoms with van der Waals surface area (Å²) < 4.78 is 22.0. The van der Waals surface area contributed by atoms with Crippen LogP contribution in [0.5, 0.6) is 17.2 Å². The number of amides is 1. The number of rotatable bonds is 11. The summed E-state index contributed by atoms with van der Waals surface area (Å²) >= 11 is 0. The van der Waals surface area contributed by atoms with E-state index in [9.17, 15) is 4.79 Å². The van der Waals surface area contributed by atoms with Crippen molar-refractivity contribution in [3.05, 3.63) is 48.0 Å². The fraction of sp³-hybridized carbons (Fsp3) is 0.348. The van der Waals surface area contributed by atoms with Crippen LogP contribution in [0.25, 0.3) is 11.3 Å². The molecule has 0 fully saturated rings. The third-order valence-corrected chi connectivity index (χ3v) is 4.34. The summed E-state index contributed by atoms with van der Waals surface area (Å²) in [5.74, 6) is 1.76. The van der Waals surface area contributed by atoms with Crippen molar-refractivity contribution in [3.63, 3.8) is 0 Å². The van der Waals surface area contributed by atoms with E-state index in [-0.39, 0.29) is 18.3 Å². The number of anilines is 1. The second-order valence-electron chi connectivity index (χ2n) is 6.92. The molecule has 0 aliphatic carbocycles. The summed E-state index contributed by atoms with van der Waals surface area (Å²) in [6, 6.07) is 12.9. The highest BCUT2D eigenvalue weighted by Crippen LogP contribution is 2.34. The second kappa shape index (κ2) is 11.0. The Hall–Kier alpha value is -3.55. The van der Waals surface area contributed by atoms with Crippen molar-refractivity contribution in [2.24, 2.45) is 0 Å². The van der Waals surface area contributed by atoms with Gasteiger partial charge in [0.1, 0.15) is 5.75 Å². The van der Waals surface area contributed by atoms with Crippen molar-refractivity contribution in [2.45, 2.75) is 33.6 Å². The van der Waals surface area contributed by atoms with E-state index >= 15 is 0 Å². The lowest BCUT2D eigenvalue weighted by molar-refractivity contribution is -0.118. The molecule has 1 heterocycles. The van der Waals surface area contributed by atoms with Crippen LogP contribution in [0.1, 0.15) is 32.3 Å². The Morgan fingerprint density at radius 2 is 1.68 bits per heavy atom. The van der Waals surface area contributed by atoms with Gasteiger partial charge < -0.3 is 19.5 Å². The molecular weight excluding hydrogens is 398 g/mol. The highest BCUT2D eigenvalue weighted by molar-refractivity contribution is 5.94. The molecule has 3 rings (SSSR count). The fourth-order valence-corrected chi connectivity index (χ4v) is 2.80. The van der Waals surface area contributed by atoms with Crippen LogP contribution in [0.2, 0.25) is 0 Å². The smallest absolute Gasteiger partial charge is 0.263 e. The maximum atomic E-state index is 12.4. The Labute approximate surface area is 181 Å². The molecule has 0 unspecified atom stereocenters. The first-order chi connectivity index (χ1) is 15.1. The van der Waals surface area contributed by atoms with Crippen molar-refractivity contribution in [2.75, 3.05) is 25.1 Å². The van der Waals surface area contributed by atoms with E-state index < -0.39 is 0 Å². The van der Waals surface area contributed by atoms with Crippen molar-refractivity contribution in [3.8, 4) is 28.5 Å². The van der Waals surface area contributed by atoms with Crippen molar-refractivity contribution in [1.82, 2.24) is 10.3 Å². The topological polar surface area (TPSA) is 95.7 Å². The summed E-state index contributed by atoms with van der Waals surface area (Å²) in [6.45, 7) is 6.98. The van der Waals surface area contributed by atoms with Gasteiger partial charge in [-0.15, -0.1) is 0 Å². The Morgan fingerprint density at radius 3 is 2.42 bits per heavy atom. The van der Waals surface area contributed by atoms with Crippen LogP contribution in [0.4, 0.5) is 5.82 Å². The zero-order valence-corrected chi connectivity index (χ0v) is 18.0. The van der Waals surface area contributed by atoms with Crippen LogP contribution in [0, 0.1) is 6.92 Å². The van der Waals surface area contributed by atoms with Crippen LogP contribution in [-0.2, 0) is 4.79 Å². The molecule has 0 saturated carbocycles. The Morgan fingerprint density at radius 1 is 0.935 bits per heavy atom. The van der Waals surface area contributed by atoms with E-state index in [0.29, 0.717) is 41.7 Å². The molecule has 3 aromatic rings. The number of benzene rings is 2. The van der Waals surface area contributed by atoms with Gasteiger partial charge in [0.05, 0.1) is 13.2 Å². The molecule has 0 aliphatic rings. The van der Waals surface area contributed by atoms with E-state index in [4.69, 9.17) is 18.8 Å². The number of carbonyl (C=O) groups is 1. The predicted octanol–water partition coefficient (Wildman–Crippen LogP) is 4.64. The average Bonchev–Trinajstić information content (AvgIpc) is 3.24. The molecule has 0 saturated heterocycles. The highest BCUT2D eigenvalue weighted by atomic mass is 16.6. The molecule has 0 bridgehead atoms. The van der Waals surface area contributed by atoms with Crippen molar-refractivity contribution < 1.29 is 23.6 Å². The predicted molar refractivity (Wildman–Crippen MR) is 117 cm³/mol. The van der Waals surface area contributed by atoms with Gasteiger partial charge in [0.15, 0.2) is 23.8 Å². The minimum absolute atomic E-state index is 0.161. The standard InChI is InChI=1S/C23H27N3O5/c1-4-12-28-19-11-10-17(14-20(19)29-13-5-2)22-23(26-31-25-22)24-21(27)15-30-18-9-7-6-8-16(18)3/h6-11,14H,4-5,12-13,15H2,1-3H3,(H,24,26,27). The van der Waals surface area contributed by atoms with Gasteiger partial charge in [0.25, 0.3) is 5.91 Å². The Bertz CT molecular complexity index is 1000. The normalized spacial score (nSPS) is 10.5. The van der Waals surface area contributed by atoms with Crippen LogP contribution < -0.4 is 19.5 Å². The molecule has 8 nitrogen and oxygen atoms in total. The van der Waals surface area contributed by atoms with Gasteiger partial charge >= 0.3 is 0 Å². The Kier molecular flexibility index (Phi) is 7.86. The molecule has 1 N–H and O–H groups in total. The van der Waals surface area contributed by atoms with E-state index in [1.165, 1.54) is 0 Å². The number of hydrogen-bond donors (Lipinski definition) is 1. The maximum absolute atomic E-state index is 12.4. The van der Waals surface area contributed by atoms with Crippen LogP contribution in [-0.4, -0.2) is 36.0 Å². The van der Waals surface area contributed by atoms with Crippen LogP contribution in [0.15, 0.2) is 47.1 Å². The first-order valence-electron chi connectivity index (χ1n) is 10.3. The molecule has 0 aliphatic heterocycles. The monoisotopic (exact) mass is 425 g/mol. The molecule has 1 aromatic heterocycles. The van der Waals surface area contributed by atoms with E-state index in [0.717, 1.165) is 18.4 Å². The van der Waals surface area contributed by atoms with Crippen molar-refractivity contribution in [1.29, 1.82) is 0 Å². The summed E-state index contributed by atoms with van der Waals surface area (Å²) in [5.41, 5.74) is 2.03. The van der Waals surface area contributed by atoms with Gasteiger partial charge in [-0.25, -0.2) is 4.63 Å². The lowest BCUT2D eigenvalue weighted by Gasteiger charge is -2.13. The zero-order chi connectivity index (χ0) is 22.1. The molecule has 31 heavy (non-hydrogen) atoms. The quantitative estimate of drug-likeness (QED) is 0.478. The molecule has 2 aromatic carbocycles. The summed E-state index contributed by atoms with van der Waals surface area (Å²) in [4.78, 5) is 12.4. The highest BCUT2D eigenvalue weighted by Gasteiger charge is 2.18. The third-order valence-electron chi connectivity index (χ3n) is 4.34. The zero-order valence-electron chi connectivity index (χ0n) is 18.0. The first kappa shape index (κ1) is 22.1. The minimum atomic E-state index is -0.370. The SMILES string of the molecule is CCCOc1ccc(-c2nonc2NC(=O)COc2ccccc2C)cc1OCCC. The van der Waals surface area contributed by atoms with Gasteiger partial charge in [-0.3, -0.25) is 4.79 Å². The van der Waals surface area contributed by atoms with Gasteiger partial charge in [0, 0.05) is 5.56 Å². The van der Waals surface area contributed by atoms with Gasteiger partial charge in [-0.1, -0.05) is 32.0 Å². The number of aryl methyl sites for hydroxylation is 1. The number of hydrogen-bond acceptors (Lipinski definition) is 7. The lowest BCUT2D eigenvalue weighted by atomic mass is 10.1. The minimum Gasteiger partial charge on any atom is -0.490 e. The number of nitrogens with zero attached hydrogens (tertiary/aromatic N) is 2. The van der Waals surface area contributed by atoms with Crippen LogP contribution >= 0.6 is 0 Å². The fourth-order valence-electron chi connectivity index (χ4n) is 2.80. The average molecular weight is 425 g/mol. The molecule has 164 valence electrons.